The average molecular weight is 244 g/mol. The summed E-state index contributed by atoms with van der Waals surface area (Å²) < 4.78 is 4.92. The summed E-state index contributed by atoms with van der Waals surface area (Å²) in [5.41, 5.74) is -1.09. The van der Waals surface area contributed by atoms with E-state index in [1.54, 1.807) is 14.0 Å². The molecule has 0 bridgehead atoms. The Morgan fingerprint density at radius 1 is 1.59 bits per heavy atom. The predicted molar refractivity (Wildman–Crippen MR) is 61.9 cm³/mol. The second-order valence-electron chi connectivity index (χ2n) is 4.64. The molecule has 0 saturated carbocycles. The number of carboxylic acids is 1. The van der Waals surface area contributed by atoms with Crippen molar-refractivity contribution in [3.8, 4) is 0 Å². The zero-order valence-electron chi connectivity index (χ0n) is 10.5. The topological polar surface area (TPSA) is 78.9 Å². The number of nitrogens with zero attached hydrogens (tertiary/aromatic N) is 1. The third-order valence-corrected chi connectivity index (χ3v) is 3.13. The lowest BCUT2D eigenvalue weighted by Crippen LogP contribution is -2.55. The van der Waals surface area contributed by atoms with Gasteiger partial charge in [-0.05, 0) is 26.7 Å². The summed E-state index contributed by atoms with van der Waals surface area (Å²) in [7, 11) is 1.56. The van der Waals surface area contributed by atoms with Gasteiger partial charge in [-0.25, -0.2) is 9.59 Å². The van der Waals surface area contributed by atoms with Crippen LogP contribution < -0.4 is 5.32 Å². The van der Waals surface area contributed by atoms with Gasteiger partial charge in [-0.15, -0.1) is 0 Å². The minimum Gasteiger partial charge on any atom is -0.480 e. The van der Waals surface area contributed by atoms with Gasteiger partial charge < -0.3 is 20.1 Å². The molecule has 1 heterocycles. The summed E-state index contributed by atoms with van der Waals surface area (Å²) in [5, 5.41) is 11.9. The molecule has 0 aliphatic carbocycles. The lowest BCUT2D eigenvalue weighted by molar-refractivity contribution is -0.147. The number of nitrogens with one attached hydrogen (secondary N) is 1. The zero-order chi connectivity index (χ0) is 13.1. The number of urea groups is 1. The van der Waals surface area contributed by atoms with Crippen LogP contribution in [0, 0.1) is 0 Å². The van der Waals surface area contributed by atoms with Crippen molar-refractivity contribution in [2.24, 2.45) is 0 Å². The number of carbonyl (C=O) groups excluding carboxylic acids is 1. The number of hydrogen-bond donors (Lipinski definition) is 2. The number of rotatable bonds is 4. The Balaban J connectivity index is 2.65. The van der Waals surface area contributed by atoms with Crippen LogP contribution in [0.1, 0.15) is 26.7 Å². The van der Waals surface area contributed by atoms with Crippen LogP contribution >= 0.6 is 0 Å². The van der Waals surface area contributed by atoms with Crippen LogP contribution in [-0.4, -0.2) is 53.8 Å². The lowest BCUT2D eigenvalue weighted by atomic mass is 10.00. The van der Waals surface area contributed by atoms with Gasteiger partial charge in [0.1, 0.15) is 5.54 Å². The van der Waals surface area contributed by atoms with E-state index in [2.05, 4.69) is 5.32 Å². The van der Waals surface area contributed by atoms with Crippen LogP contribution in [0.3, 0.4) is 0 Å². The van der Waals surface area contributed by atoms with Crippen LogP contribution in [0.15, 0.2) is 0 Å². The molecule has 1 aliphatic rings. The van der Waals surface area contributed by atoms with E-state index in [9.17, 15) is 14.7 Å². The molecule has 2 atom stereocenters. The molecule has 1 saturated heterocycles. The molecule has 6 nitrogen and oxygen atoms in total. The van der Waals surface area contributed by atoms with E-state index in [0.29, 0.717) is 19.6 Å². The first-order valence-electron chi connectivity index (χ1n) is 5.72. The highest BCUT2D eigenvalue weighted by atomic mass is 16.5. The summed E-state index contributed by atoms with van der Waals surface area (Å²) >= 11 is 0. The molecule has 2 amide bonds. The van der Waals surface area contributed by atoms with Crippen LogP contribution in [0.4, 0.5) is 4.79 Å². The zero-order valence-corrected chi connectivity index (χ0v) is 10.5. The maximum absolute atomic E-state index is 11.9. The fraction of sp³-hybridized carbons (Fsp3) is 0.818. The molecule has 6 heteroatoms. The molecule has 0 aromatic carbocycles. The van der Waals surface area contributed by atoms with Gasteiger partial charge in [0.15, 0.2) is 0 Å². The number of ether oxygens (including phenoxy) is 1. The van der Waals surface area contributed by atoms with Gasteiger partial charge in [-0.1, -0.05) is 0 Å². The third-order valence-electron chi connectivity index (χ3n) is 3.13. The fourth-order valence-corrected chi connectivity index (χ4v) is 2.09. The standard InChI is InChI=1S/C11H20N2O4/c1-8(7-17-3)12-10(16)13-6-4-5-11(13,2)9(14)15/h8H,4-7H2,1-3H3,(H,12,16)(H,14,15). The van der Waals surface area contributed by atoms with E-state index in [-0.39, 0.29) is 12.1 Å². The number of methoxy groups -OCH3 is 1. The van der Waals surface area contributed by atoms with E-state index in [4.69, 9.17) is 4.74 Å². The van der Waals surface area contributed by atoms with Crippen molar-refractivity contribution >= 4 is 12.0 Å². The Morgan fingerprint density at radius 2 is 2.24 bits per heavy atom. The Labute approximate surface area is 101 Å². The second kappa shape index (κ2) is 5.35. The minimum atomic E-state index is -1.09. The maximum Gasteiger partial charge on any atom is 0.329 e. The largest absolute Gasteiger partial charge is 0.480 e. The van der Waals surface area contributed by atoms with Crippen LogP contribution in [0.5, 0.6) is 0 Å². The number of amides is 2. The minimum absolute atomic E-state index is 0.133. The Morgan fingerprint density at radius 3 is 2.76 bits per heavy atom. The van der Waals surface area contributed by atoms with Crippen molar-refractivity contribution in [1.82, 2.24) is 10.2 Å². The number of likely N-dealkylation sites (tertiary alicyclic amines) is 1. The summed E-state index contributed by atoms with van der Waals surface area (Å²) in [6.45, 7) is 4.29. The van der Waals surface area contributed by atoms with Gasteiger partial charge in [0.2, 0.25) is 0 Å². The van der Waals surface area contributed by atoms with Gasteiger partial charge in [-0.2, -0.15) is 0 Å². The molecule has 0 aromatic heterocycles. The number of carboxylic acid groups (broad SMARTS) is 1. The SMILES string of the molecule is COCC(C)NC(=O)N1CCCC1(C)C(=O)O. The van der Waals surface area contributed by atoms with Gasteiger partial charge in [0, 0.05) is 13.7 Å². The smallest absolute Gasteiger partial charge is 0.329 e. The maximum atomic E-state index is 11.9. The first-order chi connectivity index (χ1) is 7.91. The molecule has 0 radical (unpaired) electrons. The summed E-state index contributed by atoms with van der Waals surface area (Å²) in [6, 6.07) is -0.469. The van der Waals surface area contributed by atoms with Crippen molar-refractivity contribution in [3.63, 3.8) is 0 Å². The Bertz CT molecular complexity index is 308. The van der Waals surface area contributed by atoms with E-state index in [1.807, 2.05) is 6.92 Å². The van der Waals surface area contributed by atoms with Gasteiger partial charge >= 0.3 is 12.0 Å². The van der Waals surface area contributed by atoms with Crippen molar-refractivity contribution in [3.05, 3.63) is 0 Å². The summed E-state index contributed by atoms with van der Waals surface area (Å²) in [6.07, 6.45) is 1.21. The summed E-state index contributed by atoms with van der Waals surface area (Å²) in [5.74, 6) is -0.954. The molecule has 17 heavy (non-hydrogen) atoms. The molecule has 1 rings (SSSR count). The molecule has 1 fully saturated rings. The molecule has 98 valence electrons. The third kappa shape index (κ3) is 2.88. The van der Waals surface area contributed by atoms with Crippen molar-refractivity contribution in [2.75, 3.05) is 20.3 Å². The monoisotopic (exact) mass is 244 g/mol. The second-order valence-corrected chi connectivity index (χ2v) is 4.64. The van der Waals surface area contributed by atoms with Gasteiger partial charge in [-0.3, -0.25) is 0 Å². The van der Waals surface area contributed by atoms with E-state index in [1.165, 1.54) is 4.90 Å². The van der Waals surface area contributed by atoms with Crippen molar-refractivity contribution in [1.29, 1.82) is 0 Å². The van der Waals surface area contributed by atoms with Crippen LogP contribution in [0.2, 0.25) is 0 Å². The van der Waals surface area contributed by atoms with Gasteiger partial charge in [0.25, 0.3) is 0 Å². The summed E-state index contributed by atoms with van der Waals surface area (Å²) in [4.78, 5) is 24.5. The average Bonchev–Trinajstić information content (AvgIpc) is 2.62. The van der Waals surface area contributed by atoms with Crippen LogP contribution in [-0.2, 0) is 9.53 Å². The quantitative estimate of drug-likeness (QED) is 0.762. The Kier molecular flexibility index (Phi) is 4.34. The molecule has 0 aromatic rings. The van der Waals surface area contributed by atoms with Crippen molar-refractivity contribution < 1.29 is 19.4 Å². The number of aliphatic carboxylic acids is 1. The first-order valence-corrected chi connectivity index (χ1v) is 5.72. The number of carbonyl (C=O) groups is 2. The predicted octanol–water partition coefficient (Wildman–Crippen LogP) is 0.670. The van der Waals surface area contributed by atoms with Crippen LogP contribution in [0.25, 0.3) is 0 Å². The highest BCUT2D eigenvalue weighted by Gasteiger charge is 2.46. The van der Waals surface area contributed by atoms with Crippen molar-refractivity contribution in [2.45, 2.75) is 38.3 Å². The Hall–Kier alpha value is -1.30. The van der Waals surface area contributed by atoms with Gasteiger partial charge in [0.05, 0.1) is 12.6 Å². The highest BCUT2D eigenvalue weighted by Crippen LogP contribution is 2.29. The molecule has 2 N–H and O–H groups in total. The number of hydrogen-bond acceptors (Lipinski definition) is 3. The van der Waals surface area contributed by atoms with E-state index in [0.717, 1.165) is 6.42 Å². The molecule has 0 spiro atoms. The molecule has 2 unspecified atom stereocenters. The molecule has 1 aliphatic heterocycles. The normalized spacial score (nSPS) is 25.7. The lowest BCUT2D eigenvalue weighted by Gasteiger charge is -2.32. The first kappa shape index (κ1) is 13.8. The van der Waals surface area contributed by atoms with E-state index >= 15 is 0 Å². The molecular weight excluding hydrogens is 224 g/mol. The molecular formula is C11H20N2O4. The fourth-order valence-electron chi connectivity index (χ4n) is 2.09. The highest BCUT2D eigenvalue weighted by molar-refractivity contribution is 5.86. The van der Waals surface area contributed by atoms with E-state index < -0.39 is 11.5 Å².